The molecule has 0 bridgehead atoms. The number of hydrogen-bond donors (Lipinski definition) is 2. The van der Waals surface area contributed by atoms with Crippen molar-refractivity contribution >= 4 is 23.8 Å². The Balaban J connectivity index is 1.84. The second-order valence-corrected chi connectivity index (χ2v) is 8.17. The SMILES string of the molecule is CCCCN1C[C@H]2N(C(=O)CN(C)N2C(=O)NCc2ccccc2)[C@@H](CCC(=O)O)C1=O. The first-order chi connectivity index (χ1) is 15.3. The van der Waals surface area contributed by atoms with E-state index in [9.17, 15) is 19.2 Å². The van der Waals surface area contributed by atoms with Crippen LogP contribution in [0.2, 0.25) is 0 Å². The summed E-state index contributed by atoms with van der Waals surface area (Å²) in [5.41, 5.74) is 0.941. The van der Waals surface area contributed by atoms with Crippen LogP contribution in [-0.4, -0.2) is 87.6 Å². The van der Waals surface area contributed by atoms with Gasteiger partial charge in [-0.15, -0.1) is 0 Å². The van der Waals surface area contributed by atoms with Crippen LogP contribution in [0.25, 0.3) is 0 Å². The molecule has 2 aliphatic rings. The van der Waals surface area contributed by atoms with E-state index in [2.05, 4.69) is 5.32 Å². The predicted octanol–water partition coefficient (Wildman–Crippen LogP) is 1.09. The highest BCUT2D eigenvalue weighted by Crippen LogP contribution is 2.28. The molecule has 1 aromatic rings. The van der Waals surface area contributed by atoms with Gasteiger partial charge in [0.2, 0.25) is 11.8 Å². The number of likely N-dealkylation sites (N-methyl/N-ethyl adjacent to an activating group) is 1. The number of carbonyl (C=O) groups excluding carboxylic acids is 3. The van der Waals surface area contributed by atoms with Crippen molar-refractivity contribution in [1.29, 1.82) is 0 Å². The third-order valence-electron chi connectivity index (χ3n) is 5.85. The van der Waals surface area contributed by atoms with E-state index in [1.54, 1.807) is 17.0 Å². The zero-order valence-corrected chi connectivity index (χ0v) is 18.6. The largest absolute Gasteiger partial charge is 0.481 e. The minimum atomic E-state index is -1.03. The first-order valence-corrected chi connectivity index (χ1v) is 11.0. The molecule has 174 valence electrons. The number of aliphatic carboxylic acids is 1. The molecular weight excluding hydrogens is 414 g/mol. The molecule has 0 saturated carbocycles. The summed E-state index contributed by atoms with van der Waals surface area (Å²) in [5.74, 6) is -1.57. The molecule has 2 aliphatic heterocycles. The van der Waals surface area contributed by atoms with Gasteiger partial charge in [0, 0.05) is 26.6 Å². The molecule has 0 aromatic heterocycles. The van der Waals surface area contributed by atoms with Crippen molar-refractivity contribution in [2.24, 2.45) is 0 Å². The van der Waals surface area contributed by atoms with Crippen molar-refractivity contribution in [3.63, 3.8) is 0 Å². The monoisotopic (exact) mass is 445 g/mol. The molecule has 10 heteroatoms. The van der Waals surface area contributed by atoms with Gasteiger partial charge in [0.15, 0.2) is 0 Å². The van der Waals surface area contributed by atoms with Crippen LogP contribution in [0.5, 0.6) is 0 Å². The van der Waals surface area contributed by atoms with E-state index in [-0.39, 0.29) is 43.8 Å². The summed E-state index contributed by atoms with van der Waals surface area (Å²) in [6, 6.07) is 8.22. The lowest BCUT2D eigenvalue weighted by Crippen LogP contribution is -2.76. The fourth-order valence-electron chi connectivity index (χ4n) is 4.25. The normalized spacial score (nSPS) is 21.5. The summed E-state index contributed by atoms with van der Waals surface area (Å²) in [6.07, 6.45) is 0.768. The maximum atomic E-state index is 13.2. The molecule has 1 aromatic carbocycles. The number of hydrazine groups is 1. The topological polar surface area (TPSA) is 114 Å². The average molecular weight is 446 g/mol. The standard InChI is InChI=1S/C22H31N5O5/c1-3-4-12-25-14-18-26(17(21(25)31)10-11-20(29)30)19(28)15-24(2)27(18)22(32)23-13-16-8-6-5-7-9-16/h5-9,17-18H,3-4,10-15H2,1-2H3,(H,23,32)(H,29,30)/t17-,18-/m0/s1. The zero-order chi connectivity index (χ0) is 23.3. The summed E-state index contributed by atoms with van der Waals surface area (Å²) < 4.78 is 0. The van der Waals surface area contributed by atoms with E-state index in [4.69, 9.17) is 5.11 Å². The Hall–Kier alpha value is -3.14. The van der Waals surface area contributed by atoms with Crippen molar-refractivity contribution in [2.45, 2.75) is 51.4 Å². The highest BCUT2D eigenvalue weighted by atomic mass is 16.4. The number of carboxylic acid groups (broad SMARTS) is 1. The summed E-state index contributed by atoms with van der Waals surface area (Å²) >= 11 is 0. The Kier molecular flexibility index (Phi) is 7.68. The van der Waals surface area contributed by atoms with E-state index < -0.39 is 18.2 Å². The fourth-order valence-corrected chi connectivity index (χ4v) is 4.25. The summed E-state index contributed by atoms with van der Waals surface area (Å²) in [5, 5.41) is 15.1. The van der Waals surface area contributed by atoms with Crippen LogP contribution in [0.1, 0.15) is 38.2 Å². The van der Waals surface area contributed by atoms with Gasteiger partial charge < -0.3 is 20.2 Å². The molecule has 0 spiro atoms. The summed E-state index contributed by atoms with van der Waals surface area (Å²) in [7, 11) is 1.66. The molecule has 0 aliphatic carbocycles. The number of unbranched alkanes of at least 4 members (excludes halogenated alkanes) is 1. The van der Waals surface area contributed by atoms with Gasteiger partial charge in [0.05, 0.1) is 13.1 Å². The Morgan fingerprint density at radius 3 is 2.56 bits per heavy atom. The Bertz CT molecular complexity index is 848. The zero-order valence-electron chi connectivity index (χ0n) is 18.6. The molecule has 2 saturated heterocycles. The van der Waals surface area contributed by atoms with Gasteiger partial charge >= 0.3 is 12.0 Å². The summed E-state index contributed by atoms with van der Waals surface area (Å²) in [6.45, 7) is 2.97. The molecule has 2 heterocycles. The molecule has 4 amide bonds. The first kappa shape index (κ1) is 23.5. The van der Waals surface area contributed by atoms with E-state index in [1.165, 1.54) is 9.91 Å². The van der Waals surface area contributed by atoms with Crippen molar-refractivity contribution in [2.75, 3.05) is 26.7 Å². The number of rotatable bonds is 8. The highest BCUT2D eigenvalue weighted by molar-refractivity contribution is 5.91. The number of carboxylic acids is 1. The summed E-state index contributed by atoms with van der Waals surface area (Å²) in [4.78, 5) is 53.4. The third kappa shape index (κ3) is 5.18. The van der Waals surface area contributed by atoms with Crippen LogP contribution in [-0.2, 0) is 20.9 Å². The van der Waals surface area contributed by atoms with Crippen LogP contribution in [0, 0.1) is 0 Å². The van der Waals surface area contributed by atoms with Crippen molar-refractivity contribution in [3.05, 3.63) is 35.9 Å². The number of nitrogens with zero attached hydrogens (tertiary/aromatic N) is 4. The van der Waals surface area contributed by atoms with E-state index in [0.717, 1.165) is 18.4 Å². The molecule has 2 atom stereocenters. The lowest BCUT2D eigenvalue weighted by atomic mass is 10.0. The maximum Gasteiger partial charge on any atom is 0.334 e. The second kappa shape index (κ2) is 10.4. The molecule has 10 nitrogen and oxygen atoms in total. The molecule has 2 fully saturated rings. The van der Waals surface area contributed by atoms with E-state index >= 15 is 0 Å². The van der Waals surface area contributed by atoms with Crippen molar-refractivity contribution in [1.82, 2.24) is 25.1 Å². The number of nitrogens with one attached hydrogen (secondary N) is 1. The van der Waals surface area contributed by atoms with Gasteiger partial charge in [-0.3, -0.25) is 14.4 Å². The minimum Gasteiger partial charge on any atom is -0.481 e. The first-order valence-electron chi connectivity index (χ1n) is 11.0. The van der Waals surface area contributed by atoms with Gasteiger partial charge in [0.1, 0.15) is 12.2 Å². The van der Waals surface area contributed by atoms with Crippen molar-refractivity contribution in [3.8, 4) is 0 Å². The number of hydrogen-bond acceptors (Lipinski definition) is 5. The molecule has 32 heavy (non-hydrogen) atoms. The van der Waals surface area contributed by atoms with Crippen molar-refractivity contribution < 1.29 is 24.3 Å². The van der Waals surface area contributed by atoms with E-state index in [0.29, 0.717) is 13.1 Å². The Labute approximate surface area is 187 Å². The Morgan fingerprint density at radius 1 is 1.19 bits per heavy atom. The molecule has 3 rings (SSSR count). The van der Waals surface area contributed by atoms with Gasteiger partial charge in [-0.1, -0.05) is 43.7 Å². The maximum absolute atomic E-state index is 13.2. The number of piperazine rings is 1. The molecule has 0 radical (unpaired) electrons. The van der Waals surface area contributed by atoms with Gasteiger partial charge in [-0.2, -0.15) is 0 Å². The number of fused-ring (bicyclic) bond motifs is 1. The Morgan fingerprint density at radius 2 is 1.91 bits per heavy atom. The lowest BCUT2D eigenvalue weighted by molar-refractivity contribution is -0.187. The smallest absolute Gasteiger partial charge is 0.334 e. The van der Waals surface area contributed by atoms with Crippen LogP contribution in [0.3, 0.4) is 0 Å². The third-order valence-corrected chi connectivity index (χ3v) is 5.85. The second-order valence-electron chi connectivity index (χ2n) is 8.17. The van der Waals surface area contributed by atoms with E-state index in [1.807, 2.05) is 37.3 Å². The van der Waals surface area contributed by atoms with Crippen LogP contribution >= 0.6 is 0 Å². The molecule has 2 N–H and O–H groups in total. The molecular formula is C22H31N5O5. The van der Waals surface area contributed by atoms with Gasteiger partial charge in [-0.05, 0) is 18.4 Å². The molecule has 0 unspecified atom stereocenters. The number of amides is 4. The predicted molar refractivity (Wildman–Crippen MR) is 116 cm³/mol. The van der Waals surface area contributed by atoms with Gasteiger partial charge in [0.25, 0.3) is 0 Å². The lowest BCUT2D eigenvalue weighted by Gasteiger charge is -2.54. The number of carbonyl (C=O) groups is 4. The number of benzene rings is 1. The average Bonchev–Trinajstić information content (AvgIpc) is 2.76. The fraction of sp³-hybridized carbons (Fsp3) is 0.545. The highest BCUT2D eigenvalue weighted by Gasteiger charge is 2.50. The van der Waals surface area contributed by atoms with Crippen LogP contribution < -0.4 is 5.32 Å². The number of urea groups is 1. The van der Waals surface area contributed by atoms with Crippen LogP contribution in [0.15, 0.2) is 30.3 Å². The van der Waals surface area contributed by atoms with Crippen LogP contribution in [0.4, 0.5) is 4.79 Å². The quantitative estimate of drug-likeness (QED) is 0.619. The minimum absolute atomic E-state index is 0.0161. The van der Waals surface area contributed by atoms with Gasteiger partial charge in [-0.25, -0.2) is 14.8 Å².